The maximum Gasteiger partial charge on any atom is 0.180 e. The third-order valence-corrected chi connectivity index (χ3v) is 5.23. The molecule has 0 radical (unpaired) electrons. The highest BCUT2D eigenvalue weighted by Gasteiger charge is 2.25. The lowest BCUT2D eigenvalue weighted by atomic mass is 9.97. The van der Waals surface area contributed by atoms with Gasteiger partial charge in [-0.15, -0.1) is 0 Å². The lowest BCUT2D eigenvalue weighted by Crippen LogP contribution is -2.46. The molecule has 0 fully saturated rings. The molecule has 10 heteroatoms. The van der Waals surface area contributed by atoms with Crippen LogP contribution < -0.4 is 16.0 Å². The standard InChI is InChI=1S/C26H33FN8O/c1-16(2)23(17(3)31-18(4)36-26(5,6)7)33-25-22(27)11-19(13-28)24(34-25)32-20-12-21(15-29-14-20)35-10-8-9-30-35/h8-12,14-17,23,31H,4H2,1-3,5-7H3,(H2,32,33,34)/t17-,23?/m0/s1. The van der Waals surface area contributed by atoms with Crippen LogP contribution >= 0.6 is 0 Å². The van der Waals surface area contributed by atoms with Crippen LogP contribution in [0.1, 0.15) is 47.1 Å². The molecule has 3 N–H and O–H groups in total. The Morgan fingerprint density at radius 3 is 2.56 bits per heavy atom. The molecule has 3 aromatic rings. The quantitative estimate of drug-likeness (QED) is 0.334. The van der Waals surface area contributed by atoms with Crippen LogP contribution in [-0.2, 0) is 4.74 Å². The summed E-state index contributed by atoms with van der Waals surface area (Å²) in [5, 5.41) is 23.3. The van der Waals surface area contributed by atoms with Crippen molar-refractivity contribution < 1.29 is 9.13 Å². The summed E-state index contributed by atoms with van der Waals surface area (Å²) in [6.45, 7) is 15.8. The largest absolute Gasteiger partial charge is 0.474 e. The van der Waals surface area contributed by atoms with Crippen molar-refractivity contribution in [2.45, 2.75) is 59.2 Å². The molecule has 1 unspecified atom stereocenters. The molecular weight excluding hydrogens is 459 g/mol. The molecule has 0 amide bonds. The molecule has 0 aliphatic rings. The second kappa shape index (κ2) is 11.1. The fourth-order valence-electron chi connectivity index (χ4n) is 3.72. The van der Waals surface area contributed by atoms with Crippen molar-refractivity contribution in [3.63, 3.8) is 0 Å². The third-order valence-electron chi connectivity index (χ3n) is 5.23. The third kappa shape index (κ3) is 6.95. The van der Waals surface area contributed by atoms with Crippen molar-refractivity contribution in [1.29, 1.82) is 5.26 Å². The zero-order valence-corrected chi connectivity index (χ0v) is 21.5. The number of pyridine rings is 2. The number of halogens is 1. The molecule has 190 valence electrons. The minimum absolute atomic E-state index is 0.0300. The molecule has 3 rings (SSSR count). The molecule has 36 heavy (non-hydrogen) atoms. The number of nitrogens with zero attached hydrogens (tertiary/aromatic N) is 5. The molecule has 0 saturated carbocycles. The first-order valence-corrected chi connectivity index (χ1v) is 11.7. The SMILES string of the molecule is C=C(N[C@@H](C)C(Nc1nc(Nc2cncc(-n3cccn3)c2)c(C#N)cc1F)C(C)C)OC(C)(C)C. The smallest absolute Gasteiger partial charge is 0.180 e. The van der Waals surface area contributed by atoms with Crippen molar-refractivity contribution in [3.8, 4) is 11.8 Å². The van der Waals surface area contributed by atoms with E-state index in [1.54, 1.807) is 35.5 Å². The number of anilines is 3. The van der Waals surface area contributed by atoms with Crippen molar-refractivity contribution in [1.82, 2.24) is 25.1 Å². The summed E-state index contributed by atoms with van der Waals surface area (Å²) in [5.74, 6) is 0.163. The molecular formula is C26H33FN8O. The maximum atomic E-state index is 15.0. The zero-order chi connectivity index (χ0) is 26.5. The Kier molecular flexibility index (Phi) is 8.14. The second-order valence-corrected chi connectivity index (χ2v) is 9.82. The molecule has 3 aromatic heterocycles. The van der Waals surface area contributed by atoms with E-state index >= 15 is 0 Å². The highest BCUT2D eigenvalue weighted by Crippen LogP contribution is 2.26. The maximum absolute atomic E-state index is 15.0. The average molecular weight is 493 g/mol. The van der Waals surface area contributed by atoms with Gasteiger partial charge in [0.25, 0.3) is 0 Å². The van der Waals surface area contributed by atoms with E-state index in [0.29, 0.717) is 11.6 Å². The van der Waals surface area contributed by atoms with E-state index in [1.165, 1.54) is 6.07 Å². The molecule has 0 aromatic carbocycles. The summed E-state index contributed by atoms with van der Waals surface area (Å²) in [4.78, 5) is 8.65. The minimum atomic E-state index is -0.622. The van der Waals surface area contributed by atoms with Gasteiger partial charge in [0.2, 0.25) is 0 Å². The Hall–Kier alpha value is -4.13. The van der Waals surface area contributed by atoms with E-state index in [-0.39, 0.29) is 35.2 Å². The first-order chi connectivity index (χ1) is 17.0. The number of nitriles is 1. The van der Waals surface area contributed by atoms with Crippen LogP contribution in [0, 0.1) is 23.1 Å². The summed E-state index contributed by atoms with van der Waals surface area (Å²) in [5.41, 5.74) is 0.981. The fraction of sp³-hybridized carbons (Fsp3) is 0.385. The van der Waals surface area contributed by atoms with Gasteiger partial charge in [-0.25, -0.2) is 14.1 Å². The number of ether oxygens (including phenoxy) is 1. The molecule has 0 aliphatic carbocycles. The van der Waals surface area contributed by atoms with Gasteiger partial charge in [0.15, 0.2) is 23.3 Å². The van der Waals surface area contributed by atoms with Gasteiger partial charge in [0, 0.05) is 24.5 Å². The van der Waals surface area contributed by atoms with E-state index in [1.807, 2.05) is 53.7 Å². The van der Waals surface area contributed by atoms with Crippen LogP contribution in [0.5, 0.6) is 0 Å². The fourth-order valence-corrected chi connectivity index (χ4v) is 3.72. The number of aromatic nitrogens is 4. The first kappa shape index (κ1) is 26.5. The van der Waals surface area contributed by atoms with Crippen LogP contribution in [0.2, 0.25) is 0 Å². The number of hydrogen-bond donors (Lipinski definition) is 3. The highest BCUT2D eigenvalue weighted by atomic mass is 19.1. The van der Waals surface area contributed by atoms with Crippen LogP contribution in [0.15, 0.2) is 55.4 Å². The van der Waals surface area contributed by atoms with Crippen LogP contribution in [0.25, 0.3) is 5.69 Å². The van der Waals surface area contributed by atoms with Gasteiger partial charge in [0.05, 0.1) is 29.3 Å². The molecule has 0 saturated heterocycles. The van der Waals surface area contributed by atoms with Crippen LogP contribution in [0.4, 0.5) is 21.7 Å². The lowest BCUT2D eigenvalue weighted by molar-refractivity contribution is 0.0378. The van der Waals surface area contributed by atoms with Crippen molar-refractivity contribution in [3.05, 3.63) is 66.8 Å². The van der Waals surface area contributed by atoms with Gasteiger partial charge >= 0.3 is 0 Å². The Morgan fingerprint density at radius 1 is 1.19 bits per heavy atom. The van der Waals surface area contributed by atoms with Crippen LogP contribution in [-0.4, -0.2) is 37.4 Å². The van der Waals surface area contributed by atoms with Crippen molar-refractivity contribution >= 4 is 17.3 Å². The molecule has 0 bridgehead atoms. The monoisotopic (exact) mass is 492 g/mol. The number of rotatable bonds is 10. The summed E-state index contributed by atoms with van der Waals surface area (Å²) in [6.07, 6.45) is 6.71. The Labute approximate surface area is 211 Å². The number of hydrogen-bond acceptors (Lipinski definition) is 8. The molecule has 0 spiro atoms. The lowest BCUT2D eigenvalue weighted by Gasteiger charge is -2.32. The van der Waals surface area contributed by atoms with Gasteiger partial charge in [-0.05, 0) is 58.4 Å². The second-order valence-electron chi connectivity index (χ2n) is 9.82. The average Bonchev–Trinajstić information content (AvgIpc) is 3.32. The Bertz CT molecular complexity index is 1230. The van der Waals surface area contributed by atoms with Gasteiger partial charge in [-0.2, -0.15) is 10.4 Å². The van der Waals surface area contributed by atoms with Gasteiger partial charge < -0.3 is 20.7 Å². The molecule has 2 atom stereocenters. The normalized spacial score (nSPS) is 13.0. The highest BCUT2D eigenvalue weighted by molar-refractivity contribution is 5.66. The van der Waals surface area contributed by atoms with E-state index in [2.05, 4.69) is 37.6 Å². The Morgan fingerprint density at radius 2 is 1.94 bits per heavy atom. The van der Waals surface area contributed by atoms with Gasteiger partial charge in [-0.3, -0.25) is 4.98 Å². The first-order valence-electron chi connectivity index (χ1n) is 11.7. The summed E-state index contributed by atoms with van der Waals surface area (Å²) in [6, 6.07) is 6.39. The Balaban J connectivity index is 1.84. The summed E-state index contributed by atoms with van der Waals surface area (Å²) < 4.78 is 22.4. The van der Waals surface area contributed by atoms with E-state index in [9.17, 15) is 9.65 Å². The van der Waals surface area contributed by atoms with Gasteiger partial charge in [0.1, 0.15) is 11.7 Å². The van der Waals surface area contributed by atoms with Gasteiger partial charge in [-0.1, -0.05) is 13.8 Å². The summed E-state index contributed by atoms with van der Waals surface area (Å²) >= 11 is 0. The van der Waals surface area contributed by atoms with Crippen molar-refractivity contribution in [2.24, 2.45) is 5.92 Å². The number of nitrogens with one attached hydrogen (secondary N) is 3. The van der Waals surface area contributed by atoms with E-state index < -0.39 is 11.4 Å². The van der Waals surface area contributed by atoms with Crippen molar-refractivity contribution in [2.75, 3.05) is 10.6 Å². The molecule has 0 aliphatic heterocycles. The van der Waals surface area contributed by atoms with Crippen LogP contribution in [0.3, 0.4) is 0 Å². The molecule has 9 nitrogen and oxygen atoms in total. The topological polar surface area (TPSA) is 113 Å². The minimum Gasteiger partial charge on any atom is -0.474 e. The zero-order valence-electron chi connectivity index (χ0n) is 21.5. The predicted octanol–water partition coefficient (Wildman–Crippen LogP) is 5.12. The molecule has 3 heterocycles. The summed E-state index contributed by atoms with van der Waals surface area (Å²) in [7, 11) is 0. The predicted molar refractivity (Wildman–Crippen MR) is 138 cm³/mol. The van der Waals surface area contributed by atoms with E-state index in [0.717, 1.165) is 5.69 Å². The van der Waals surface area contributed by atoms with E-state index in [4.69, 9.17) is 4.74 Å².